The van der Waals surface area contributed by atoms with E-state index in [9.17, 15) is 0 Å². The van der Waals surface area contributed by atoms with Crippen LogP contribution < -0.4 is 5.32 Å². The molecule has 3 heterocycles. The van der Waals surface area contributed by atoms with Crippen LogP contribution in [0.15, 0.2) is 4.99 Å². The quantitative estimate of drug-likeness (QED) is 0.409. The molecule has 0 radical (unpaired) electrons. The van der Waals surface area contributed by atoms with Gasteiger partial charge in [-0.1, -0.05) is 6.92 Å². The lowest BCUT2D eigenvalue weighted by Crippen LogP contribution is -2.52. The lowest BCUT2D eigenvalue weighted by Gasteiger charge is -2.39. The van der Waals surface area contributed by atoms with Gasteiger partial charge in [0.05, 0.1) is 26.4 Å². The Hall–Kier alpha value is -0.120. The molecular formula is C15H29IN4O2. The summed E-state index contributed by atoms with van der Waals surface area (Å²) in [5.41, 5.74) is 0.277. The topological polar surface area (TPSA) is 49.3 Å². The fraction of sp³-hybridized carbons (Fsp3) is 0.933. The van der Waals surface area contributed by atoms with Crippen molar-refractivity contribution < 1.29 is 9.47 Å². The Kier molecular flexibility index (Phi) is 6.73. The molecule has 0 aromatic heterocycles. The lowest BCUT2D eigenvalue weighted by atomic mass is 9.89. The molecule has 1 atom stereocenters. The molecule has 1 N–H and O–H groups in total. The van der Waals surface area contributed by atoms with Crippen LogP contribution in [-0.4, -0.2) is 88.0 Å². The van der Waals surface area contributed by atoms with E-state index in [2.05, 4.69) is 27.0 Å². The molecule has 0 bridgehead atoms. The van der Waals surface area contributed by atoms with E-state index in [-0.39, 0.29) is 29.4 Å². The normalized spacial score (nSPS) is 28.9. The van der Waals surface area contributed by atoms with E-state index >= 15 is 0 Å². The molecule has 3 fully saturated rings. The number of nitrogens with one attached hydrogen (secondary N) is 1. The van der Waals surface area contributed by atoms with Gasteiger partial charge in [0, 0.05) is 51.2 Å². The number of guanidine groups is 1. The maximum atomic E-state index is 5.45. The van der Waals surface area contributed by atoms with Gasteiger partial charge in [-0.05, 0) is 6.42 Å². The third kappa shape index (κ3) is 4.24. The molecule has 0 saturated carbocycles. The third-order valence-electron chi connectivity index (χ3n) is 4.81. The van der Waals surface area contributed by atoms with Crippen molar-refractivity contribution in [3.8, 4) is 0 Å². The van der Waals surface area contributed by atoms with Crippen LogP contribution >= 0.6 is 24.0 Å². The molecule has 0 aromatic carbocycles. The van der Waals surface area contributed by atoms with Crippen molar-refractivity contribution >= 4 is 29.9 Å². The highest BCUT2D eigenvalue weighted by atomic mass is 127. The second kappa shape index (κ2) is 8.12. The van der Waals surface area contributed by atoms with Crippen LogP contribution in [-0.2, 0) is 9.47 Å². The van der Waals surface area contributed by atoms with Gasteiger partial charge in [0.15, 0.2) is 5.96 Å². The predicted octanol–water partition coefficient (Wildman–Crippen LogP) is 0.623. The molecule has 0 spiro atoms. The van der Waals surface area contributed by atoms with Crippen LogP contribution in [0.4, 0.5) is 0 Å². The van der Waals surface area contributed by atoms with Gasteiger partial charge < -0.3 is 19.7 Å². The number of likely N-dealkylation sites (tertiary alicyclic amines) is 1. The Bertz CT molecular complexity index is 384. The van der Waals surface area contributed by atoms with Crippen molar-refractivity contribution in [1.82, 2.24) is 15.1 Å². The van der Waals surface area contributed by atoms with Crippen LogP contribution in [0.5, 0.6) is 0 Å². The number of hydrogen-bond acceptors (Lipinski definition) is 4. The highest BCUT2D eigenvalue weighted by molar-refractivity contribution is 14.0. The molecule has 0 aromatic rings. The number of nitrogens with zero attached hydrogens (tertiary/aromatic N) is 3. The van der Waals surface area contributed by atoms with E-state index in [0.29, 0.717) is 6.04 Å². The van der Waals surface area contributed by atoms with E-state index in [1.807, 2.05) is 7.05 Å². The number of rotatable bonds is 3. The number of aliphatic imine (C=N–C) groups is 1. The number of morpholine rings is 1. The molecule has 0 aliphatic carbocycles. The van der Waals surface area contributed by atoms with Crippen LogP contribution in [0.3, 0.4) is 0 Å². The van der Waals surface area contributed by atoms with Crippen LogP contribution in [0.2, 0.25) is 0 Å². The van der Waals surface area contributed by atoms with Gasteiger partial charge >= 0.3 is 0 Å². The summed E-state index contributed by atoms with van der Waals surface area (Å²) in [5.74, 6) is 1.04. The first kappa shape index (κ1) is 18.2. The number of ether oxygens (including phenoxy) is 2. The molecule has 0 amide bonds. The minimum atomic E-state index is 0. The van der Waals surface area contributed by atoms with Gasteiger partial charge in [-0.25, -0.2) is 0 Å². The minimum Gasteiger partial charge on any atom is -0.380 e. The van der Waals surface area contributed by atoms with Crippen LogP contribution in [0, 0.1) is 5.41 Å². The molecule has 3 aliphatic rings. The average Bonchev–Trinajstić information content (AvgIpc) is 2.97. The zero-order chi connectivity index (χ0) is 14.7. The standard InChI is InChI=1S/C15H28N4O2.HI/c1-15(11-21-12-15)10-17-14(16-2)19-4-3-13(9-19)18-5-7-20-8-6-18;/h13H,3-12H2,1-2H3,(H,16,17);1H. The molecule has 3 aliphatic heterocycles. The van der Waals surface area contributed by atoms with Crippen molar-refractivity contribution in [1.29, 1.82) is 0 Å². The van der Waals surface area contributed by atoms with Crippen LogP contribution in [0.25, 0.3) is 0 Å². The Morgan fingerprint density at radius 2 is 1.95 bits per heavy atom. The summed E-state index contributed by atoms with van der Waals surface area (Å²) < 4.78 is 10.8. The SMILES string of the molecule is CN=C(NCC1(C)COC1)N1CCC(N2CCOCC2)C1.I. The molecule has 3 rings (SSSR count). The maximum absolute atomic E-state index is 5.45. The van der Waals surface area contributed by atoms with E-state index in [4.69, 9.17) is 9.47 Å². The maximum Gasteiger partial charge on any atom is 0.193 e. The molecule has 128 valence electrons. The van der Waals surface area contributed by atoms with Gasteiger partial charge in [-0.15, -0.1) is 24.0 Å². The number of hydrogen-bond donors (Lipinski definition) is 1. The van der Waals surface area contributed by atoms with Gasteiger partial charge in [0.2, 0.25) is 0 Å². The monoisotopic (exact) mass is 424 g/mol. The third-order valence-corrected chi connectivity index (χ3v) is 4.81. The molecule has 3 saturated heterocycles. The van der Waals surface area contributed by atoms with Gasteiger partial charge in [-0.3, -0.25) is 9.89 Å². The molecule has 22 heavy (non-hydrogen) atoms. The van der Waals surface area contributed by atoms with E-state index < -0.39 is 0 Å². The molecule has 7 heteroatoms. The molecular weight excluding hydrogens is 395 g/mol. The molecule has 6 nitrogen and oxygen atoms in total. The predicted molar refractivity (Wildman–Crippen MR) is 98.1 cm³/mol. The van der Waals surface area contributed by atoms with Gasteiger partial charge in [0.1, 0.15) is 0 Å². The highest BCUT2D eigenvalue weighted by Crippen LogP contribution is 2.25. The van der Waals surface area contributed by atoms with Crippen molar-refractivity contribution in [2.24, 2.45) is 10.4 Å². The van der Waals surface area contributed by atoms with Crippen molar-refractivity contribution in [3.63, 3.8) is 0 Å². The van der Waals surface area contributed by atoms with Crippen LogP contribution in [0.1, 0.15) is 13.3 Å². The number of halogens is 1. The van der Waals surface area contributed by atoms with Gasteiger partial charge in [-0.2, -0.15) is 0 Å². The Labute approximate surface area is 150 Å². The summed E-state index contributed by atoms with van der Waals surface area (Å²) in [6.45, 7) is 11.0. The minimum absolute atomic E-state index is 0. The summed E-state index contributed by atoms with van der Waals surface area (Å²) in [6, 6.07) is 0.648. The van der Waals surface area contributed by atoms with E-state index in [1.54, 1.807) is 0 Å². The highest BCUT2D eigenvalue weighted by Gasteiger charge is 2.35. The van der Waals surface area contributed by atoms with E-state index in [0.717, 1.165) is 65.1 Å². The van der Waals surface area contributed by atoms with E-state index in [1.165, 1.54) is 6.42 Å². The first-order chi connectivity index (χ1) is 10.2. The summed E-state index contributed by atoms with van der Waals surface area (Å²) >= 11 is 0. The first-order valence-electron chi connectivity index (χ1n) is 8.05. The largest absolute Gasteiger partial charge is 0.380 e. The Balaban J connectivity index is 0.00000176. The second-order valence-electron chi connectivity index (χ2n) is 6.74. The Morgan fingerprint density at radius 1 is 1.23 bits per heavy atom. The smallest absolute Gasteiger partial charge is 0.193 e. The summed E-state index contributed by atoms with van der Waals surface area (Å²) in [6.07, 6.45) is 1.22. The lowest BCUT2D eigenvalue weighted by molar-refractivity contribution is -0.0972. The van der Waals surface area contributed by atoms with Crippen molar-refractivity contribution in [2.45, 2.75) is 19.4 Å². The zero-order valence-electron chi connectivity index (χ0n) is 13.7. The van der Waals surface area contributed by atoms with Gasteiger partial charge in [0.25, 0.3) is 0 Å². The summed E-state index contributed by atoms with van der Waals surface area (Å²) in [4.78, 5) is 9.42. The first-order valence-corrected chi connectivity index (χ1v) is 8.05. The average molecular weight is 424 g/mol. The van der Waals surface area contributed by atoms with Crippen molar-refractivity contribution in [3.05, 3.63) is 0 Å². The summed E-state index contributed by atoms with van der Waals surface area (Å²) in [7, 11) is 1.88. The van der Waals surface area contributed by atoms with Crippen molar-refractivity contribution in [2.75, 3.05) is 66.2 Å². The fourth-order valence-corrected chi connectivity index (χ4v) is 3.35. The molecule has 1 unspecified atom stereocenters. The fourth-order valence-electron chi connectivity index (χ4n) is 3.35. The summed E-state index contributed by atoms with van der Waals surface area (Å²) in [5, 5.41) is 3.53. The Morgan fingerprint density at radius 3 is 2.55 bits per heavy atom. The zero-order valence-corrected chi connectivity index (χ0v) is 16.0. The second-order valence-corrected chi connectivity index (χ2v) is 6.74.